The van der Waals surface area contributed by atoms with E-state index in [1.165, 1.54) is 7.11 Å². The molecule has 228 valence electrons. The summed E-state index contributed by atoms with van der Waals surface area (Å²) in [5.41, 5.74) is 5.36. The van der Waals surface area contributed by atoms with Gasteiger partial charge in [0.2, 0.25) is 5.91 Å². The summed E-state index contributed by atoms with van der Waals surface area (Å²) in [5.74, 6) is -0.371. The normalized spacial score (nSPS) is 19.5. The van der Waals surface area contributed by atoms with E-state index in [-0.39, 0.29) is 23.7 Å². The molecule has 2 heterocycles. The Kier molecular flexibility index (Phi) is 8.12. The van der Waals surface area contributed by atoms with Crippen LogP contribution in [0.1, 0.15) is 48.7 Å². The lowest BCUT2D eigenvalue weighted by molar-refractivity contribution is -0.130. The van der Waals surface area contributed by atoms with Gasteiger partial charge < -0.3 is 24.8 Å². The van der Waals surface area contributed by atoms with E-state index >= 15 is 0 Å². The molecule has 1 unspecified atom stereocenters. The van der Waals surface area contributed by atoms with Gasteiger partial charge >= 0.3 is 5.97 Å². The summed E-state index contributed by atoms with van der Waals surface area (Å²) in [6.07, 6.45) is 1.11. The van der Waals surface area contributed by atoms with E-state index in [0.717, 1.165) is 28.3 Å². The fraction of sp³-hybridized carbons (Fsp3) is 0.343. The second-order valence-corrected chi connectivity index (χ2v) is 12.9. The van der Waals surface area contributed by atoms with Crippen molar-refractivity contribution in [1.82, 2.24) is 4.90 Å². The molecule has 1 fully saturated rings. The third-order valence-electron chi connectivity index (χ3n) is 8.76. The fourth-order valence-electron chi connectivity index (χ4n) is 6.63. The first-order chi connectivity index (χ1) is 21.1. The number of piperazine rings is 1. The number of carbonyl (C=O) groups excluding carboxylic acids is 3. The largest absolute Gasteiger partial charge is 0.465 e. The number of nitrogens with one attached hydrogen (secondary N) is 1. The summed E-state index contributed by atoms with van der Waals surface area (Å²) in [7, 11) is 1.35. The van der Waals surface area contributed by atoms with Crippen molar-refractivity contribution in [3.8, 4) is 0 Å². The number of ether oxygens (including phenoxy) is 1. The van der Waals surface area contributed by atoms with Gasteiger partial charge in [0.25, 0.3) is 0 Å². The molecule has 3 aromatic carbocycles. The first-order valence-electron chi connectivity index (χ1n) is 15.0. The van der Waals surface area contributed by atoms with Crippen molar-refractivity contribution in [1.29, 1.82) is 0 Å². The number of Topliss-reactive ketones (excluding diaryl/α,β-unsaturated/α-hetero) is 1. The lowest BCUT2D eigenvalue weighted by atomic mass is 9.73. The van der Waals surface area contributed by atoms with Crippen LogP contribution in [0.25, 0.3) is 0 Å². The Morgan fingerprint density at radius 3 is 2.39 bits per heavy atom. The minimum atomic E-state index is -0.520. The molecular formula is C35H37ClN4O4. The van der Waals surface area contributed by atoms with Crippen LogP contribution in [0.5, 0.6) is 0 Å². The van der Waals surface area contributed by atoms with Crippen LogP contribution in [-0.4, -0.2) is 62.4 Å². The molecule has 1 aliphatic carbocycles. The number of benzene rings is 3. The van der Waals surface area contributed by atoms with Crippen molar-refractivity contribution in [2.24, 2.45) is 5.41 Å². The standard InChI is InChI=1S/C35H37ClN4O4/c1-35(2)20-28-32(30(41)21-35)33(23-11-13-24(14-12-23)34(43)44-3)40(29-10-5-4-9-27(29)37-28)22-31(42)39-17-15-38(16-18-39)26-8-6-7-25(36)19-26/h4-14,19,33,37H,15-18,20-22H2,1-3H3. The molecule has 8 nitrogen and oxygen atoms in total. The molecule has 1 saturated heterocycles. The maximum absolute atomic E-state index is 14.1. The lowest BCUT2D eigenvalue weighted by Gasteiger charge is -2.40. The van der Waals surface area contributed by atoms with Gasteiger partial charge in [-0.15, -0.1) is 0 Å². The zero-order chi connectivity index (χ0) is 31.0. The average Bonchev–Trinajstić information content (AvgIpc) is 3.14. The van der Waals surface area contributed by atoms with E-state index in [1.807, 2.05) is 65.6 Å². The molecule has 1 atom stereocenters. The van der Waals surface area contributed by atoms with E-state index < -0.39 is 12.0 Å². The summed E-state index contributed by atoms with van der Waals surface area (Å²) in [6, 6.07) is 22.3. The number of nitrogens with zero attached hydrogens (tertiary/aromatic N) is 3. The number of halogens is 1. The second-order valence-electron chi connectivity index (χ2n) is 12.5. The summed E-state index contributed by atoms with van der Waals surface area (Å²) >= 11 is 6.22. The molecule has 3 aromatic rings. The van der Waals surface area contributed by atoms with Crippen LogP contribution < -0.4 is 15.1 Å². The molecule has 0 radical (unpaired) electrons. The molecule has 9 heteroatoms. The maximum Gasteiger partial charge on any atom is 0.337 e. The number of amides is 1. The summed E-state index contributed by atoms with van der Waals surface area (Å²) < 4.78 is 4.91. The van der Waals surface area contributed by atoms with Crippen molar-refractivity contribution >= 4 is 46.3 Å². The Labute approximate surface area is 263 Å². The van der Waals surface area contributed by atoms with Crippen LogP contribution in [0, 0.1) is 5.41 Å². The lowest BCUT2D eigenvalue weighted by Crippen LogP contribution is -2.52. The Morgan fingerprint density at radius 1 is 0.955 bits per heavy atom. The third-order valence-corrected chi connectivity index (χ3v) is 9.00. The number of esters is 1. The Hall–Kier alpha value is -4.30. The quantitative estimate of drug-likeness (QED) is 0.349. The van der Waals surface area contributed by atoms with Gasteiger partial charge in [0, 0.05) is 54.6 Å². The van der Waals surface area contributed by atoms with Crippen molar-refractivity contribution in [3.05, 3.63) is 100 Å². The highest BCUT2D eigenvalue weighted by molar-refractivity contribution is 6.30. The number of rotatable bonds is 5. The van der Waals surface area contributed by atoms with Gasteiger partial charge in [0.15, 0.2) is 5.78 Å². The van der Waals surface area contributed by atoms with Crippen LogP contribution in [-0.2, 0) is 14.3 Å². The zero-order valence-corrected chi connectivity index (χ0v) is 26.1. The molecule has 2 aliphatic heterocycles. The van der Waals surface area contributed by atoms with Crippen LogP contribution in [0.2, 0.25) is 5.02 Å². The molecule has 6 rings (SSSR count). The zero-order valence-electron chi connectivity index (χ0n) is 25.3. The van der Waals surface area contributed by atoms with Crippen LogP contribution in [0.15, 0.2) is 84.1 Å². The Bertz CT molecular complexity index is 1630. The van der Waals surface area contributed by atoms with Crippen LogP contribution in [0.4, 0.5) is 17.1 Å². The highest BCUT2D eigenvalue weighted by Gasteiger charge is 2.42. The molecule has 1 N–H and O–H groups in total. The molecule has 0 spiro atoms. The van der Waals surface area contributed by atoms with Gasteiger partial charge in [0.05, 0.1) is 36.6 Å². The maximum atomic E-state index is 14.1. The smallest absolute Gasteiger partial charge is 0.337 e. The molecule has 44 heavy (non-hydrogen) atoms. The number of hydrogen-bond acceptors (Lipinski definition) is 7. The monoisotopic (exact) mass is 612 g/mol. The van der Waals surface area contributed by atoms with Crippen LogP contribution in [0.3, 0.4) is 0 Å². The molecule has 1 amide bonds. The van der Waals surface area contributed by atoms with E-state index in [2.05, 4.69) is 29.0 Å². The number of fused-ring (bicyclic) bond motifs is 1. The first kappa shape index (κ1) is 29.8. The molecular weight excluding hydrogens is 576 g/mol. The van der Waals surface area contributed by atoms with Gasteiger partial charge in [-0.1, -0.05) is 55.8 Å². The third kappa shape index (κ3) is 5.91. The van der Waals surface area contributed by atoms with Gasteiger partial charge in [-0.3, -0.25) is 9.59 Å². The van der Waals surface area contributed by atoms with Crippen molar-refractivity contribution in [3.63, 3.8) is 0 Å². The van der Waals surface area contributed by atoms with Crippen molar-refractivity contribution in [2.45, 2.75) is 32.7 Å². The van der Waals surface area contributed by atoms with Crippen molar-refractivity contribution < 1.29 is 19.1 Å². The van der Waals surface area contributed by atoms with Gasteiger partial charge in [-0.25, -0.2) is 4.79 Å². The van der Waals surface area contributed by atoms with E-state index in [1.54, 1.807) is 12.1 Å². The predicted molar refractivity (Wildman–Crippen MR) is 173 cm³/mol. The first-order valence-corrected chi connectivity index (χ1v) is 15.4. The Morgan fingerprint density at radius 2 is 1.68 bits per heavy atom. The number of hydrogen-bond donors (Lipinski definition) is 1. The molecule has 0 bridgehead atoms. The number of allylic oxidation sites excluding steroid dienone is 1. The predicted octanol–water partition coefficient (Wildman–Crippen LogP) is 6.09. The van der Waals surface area contributed by atoms with Crippen LogP contribution >= 0.6 is 11.6 Å². The number of ketones is 1. The fourth-order valence-corrected chi connectivity index (χ4v) is 6.81. The van der Waals surface area contributed by atoms with E-state index in [9.17, 15) is 14.4 Å². The van der Waals surface area contributed by atoms with E-state index in [4.69, 9.17) is 16.3 Å². The average molecular weight is 613 g/mol. The molecule has 0 saturated carbocycles. The number of carbonyl (C=O) groups is 3. The van der Waals surface area contributed by atoms with Gasteiger partial charge in [0.1, 0.15) is 0 Å². The Balaban J connectivity index is 1.36. The number of para-hydroxylation sites is 2. The van der Waals surface area contributed by atoms with Gasteiger partial charge in [-0.05, 0) is 59.9 Å². The SMILES string of the molecule is COC(=O)c1ccc(C2C3=C(CC(C)(C)CC3=O)Nc3ccccc3N2CC(=O)N2CCN(c3cccc(Cl)c3)CC2)cc1. The minimum Gasteiger partial charge on any atom is -0.465 e. The van der Waals surface area contributed by atoms with Crippen molar-refractivity contribution in [2.75, 3.05) is 55.0 Å². The summed E-state index contributed by atoms with van der Waals surface area (Å²) in [6.45, 7) is 6.87. The van der Waals surface area contributed by atoms with Gasteiger partial charge in [-0.2, -0.15) is 0 Å². The molecule has 3 aliphatic rings. The minimum absolute atomic E-state index is 0.00522. The highest BCUT2D eigenvalue weighted by Crippen LogP contribution is 2.48. The summed E-state index contributed by atoms with van der Waals surface area (Å²) in [4.78, 5) is 46.4. The summed E-state index contributed by atoms with van der Waals surface area (Å²) in [5, 5.41) is 4.29. The second kappa shape index (κ2) is 12.0. The number of anilines is 3. The number of methoxy groups -OCH3 is 1. The highest BCUT2D eigenvalue weighted by atomic mass is 35.5. The van der Waals surface area contributed by atoms with E-state index in [0.29, 0.717) is 55.2 Å². The molecule has 0 aromatic heterocycles. The topological polar surface area (TPSA) is 82.2 Å².